The molecule has 0 aromatic carbocycles. The summed E-state index contributed by atoms with van der Waals surface area (Å²) in [5.74, 6) is 0. The zero-order valence-corrected chi connectivity index (χ0v) is 8.73. The van der Waals surface area contributed by atoms with Crippen LogP contribution in [0.15, 0.2) is 0 Å². The van der Waals surface area contributed by atoms with Gasteiger partial charge in [-0.2, -0.15) is 10.4 Å². The van der Waals surface area contributed by atoms with Crippen LogP contribution in [0.4, 0.5) is 5.69 Å². The quantitative estimate of drug-likeness (QED) is 0.428. The normalized spacial score (nSPS) is 9.93. The Morgan fingerprint density at radius 1 is 1.60 bits per heavy atom. The van der Waals surface area contributed by atoms with Gasteiger partial charge in [0.2, 0.25) is 0 Å². The molecule has 0 N–H and O–H groups in total. The fraction of sp³-hybridized carbons (Fsp3) is 0.556. The van der Waals surface area contributed by atoms with Crippen LogP contribution in [0, 0.1) is 35.3 Å². The Morgan fingerprint density at radius 3 is 2.73 bits per heavy atom. The minimum Gasteiger partial charge on any atom is -0.262 e. The zero-order chi connectivity index (χ0) is 11.4. The molecule has 80 valence electrons. The molecular formula is C9H12N4O2. The van der Waals surface area contributed by atoms with Gasteiger partial charge in [0.25, 0.3) is 0 Å². The summed E-state index contributed by atoms with van der Waals surface area (Å²) in [6.07, 6.45) is 1.10. The summed E-state index contributed by atoms with van der Waals surface area (Å²) in [5, 5.41) is 23.1. The van der Waals surface area contributed by atoms with Crippen LogP contribution in [0.3, 0.4) is 0 Å². The molecule has 0 radical (unpaired) electrons. The number of aromatic nitrogens is 2. The van der Waals surface area contributed by atoms with Crippen LogP contribution in [0.5, 0.6) is 0 Å². The zero-order valence-electron chi connectivity index (χ0n) is 8.73. The Balaban J connectivity index is 2.88. The Bertz CT molecular complexity index is 416. The summed E-state index contributed by atoms with van der Waals surface area (Å²) in [6.45, 7) is 3.84. The Hall–Kier alpha value is -1.90. The Labute approximate surface area is 87.3 Å². The van der Waals surface area contributed by atoms with E-state index in [2.05, 4.69) is 5.10 Å². The molecule has 0 aliphatic heterocycles. The van der Waals surface area contributed by atoms with E-state index < -0.39 is 4.92 Å². The van der Waals surface area contributed by atoms with E-state index >= 15 is 0 Å². The second-order valence-corrected chi connectivity index (χ2v) is 3.26. The lowest BCUT2D eigenvalue weighted by atomic mass is 10.3. The van der Waals surface area contributed by atoms with Gasteiger partial charge in [0.1, 0.15) is 11.4 Å². The van der Waals surface area contributed by atoms with E-state index in [0.717, 1.165) is 0 Å². The van der Waals surface area contributed by atoms with Crippen molar-refractivity contribution in [1.29, 1.82) is 5.26 Å². The lowest BCUT2D eigenvalue weighted by Gasteiger charge is -1.99. The van der Waals surface area contributed by atoms with Gasteiger partial charge in [-0.3, -0.25) is 14.8 Å². The first-order valence-corrected chi connectivity index (χ1v) is 4.63. The van der Waals surface area contributed by atoms with E-state index in [4.69, 9.17) is 5.26 Å². The number of nitrogens with zero attached hydrogens (tertiary/aromatic N) is 4. The average Bonchev–Trinajstić information content (AvgIpc) is 2.42. The predicted molar refractivity (Wildman–Crippen MR) is 53.2 cm³/mol. The van der Waals surface area contributed by atoms with Crippen LogP contribution in [-0.4, -0.2) is 14.7 Å². The highest BCUT2D eigenvalue weighted by Crippen LogP contribution is 2.21. The molecule has 0 saturated heterocycles. The van der Waals surface area contributed by atoms with Crippen molar-refractivity contribution in [3.63, 3.8) is 0 Å². The fourth-order valence-corrected chi connectivity index (χ4v) is 1.48. The van der Waals surface area contributed by atoms with Crippen molar-refractivity contribution >= 4 is 5.69 Å². The van der Waals surface area contributed by atoms with Gasteiger partial charge >= 0.3 is 5.69 Å². The first kappa shape index (κ1) is 11.2. The molecule has 0 aliphatic rings. The maximum absolute atomic E-state index is 10.7. The van der Waals surface area contributed by atoms with Crippen molar-refractivity contribution in [2.45, 2.75) is 33.2 Å². The minimum absolute atomic E-state index is 0.0759. The van der Waals surface area contributed by atoms with Gasteiger partial charge < -0.3 is 0 Å². The van der Waals surface area contributed by atoms with Gasteiger partial charge in [-0.1, -0.05) is 0 Å². The predicted octanol–water partition coefficient (Wildman–Crippen LogP) is 1.71. The van der Waals surface area contributed by atoms with Crippen molar-refractivity contribution in [3.8, 4) is 6.07 Å². The molecule has 0 atom stereocenters. The van der Waals surface area contributed by atoms with Gasteiger partial charge in [-0.15, -0.1) is 0 Å². The highest BCUT2D eigenvalue weighted by molar-refractivity contribution is 5.39. The molecule has 1 aromatic heterocycles. The van der Waals surface area contributed by atoms with E-state index in [1.54, 1.807) is 18.5 Å². The summed E-state index contributed by atoms with van der Waals surface area (Å²) in [4.78, 5) is 10.3. The molecule has 1 rings (SSSR count). The SMILES string of the molecule is Cc1nn(CCCC#N)c(C)c1[N+](=O)[O-]. The lowest BCUT2D eigenvalue weighted by Crippen LogP contribution is -2.02. The second-order valence-electron chi connectivity index (χ2n) is 3.26. The Morgan fingerprint density at radius 2 is 2.27 bits per heavy atom. The first-order valence-electron chi connectivity index (χ1n) is 4.63. The van der Waals surface area contributed by atoms with Crippen LogP contribution in [-0.2, 0) is 6.54 Å². The van der Waals surface area contributed by atoms with E-state index in [-0.39, 0.29) is 5.69 Å². The molecule has 1 aromatic rings. The van der Waals surface area contributed by atoms with Gasteiger partial charge in [-0.05, 0) is 20.3 Å². The van der Waals surface area contributed by atoms with Crippen LogP contribution in [0.1, 0.15) is 24.2 Å². The summed E-state index contributed by atoms with van der Waals surface area (Å²) in [5.41, 5.74) is 1.05. The number of rotatable bonds is 4. The van der Waals surface area contributed by atoms with Crippen LogP contribution < -0.4 is 0 Å². The van der Waals surface area contributed by atoms with Gasteiger partial charge in [0.15, 0.2) is 0 Å². The van der Waals surface area contributed by atoms with Crippen molar-refractivity contribution in [1.82, 2.24) is 9.78 Å². The molecular weight excluding hydrogens is 196 g/mol. The van der Waals surface area contributed by atoms with E-state index in [1.807, 2.05) is 6.07 Å². The molecule has 0 unspecified atom stereocenters. The van der Waals surface area contributed by atoms with Gasteiger partial charge in [-0.25, -0.2) is 0 Å². The number of hydrogen-bond donors (Lipinski definition) is 0. The summed E-state index contributed by atoms with van der Waals surface area (Å²) in [6, 6.07) is 2.03. The number of nitro groups is 1. The number of hydrogen-bond acceptors (Lipinski definition) is 4. The fourth-order valence-electron chi connectivity index (χ4n) is 1.48. The van der Waals surface area contributed by atoms with Crippen LogP contribution in [0.25, 0.3) is 0 Å². The first-order chi connectivity index (χ1) is 7.07. The highest BCUT2D eigenvalue weighted by atomic mass is 16.6. The summed E-state index contributed by atoms with van der Waals surface area (Å²) < 4.78 is 1.59. The highest BCUT2D eigenvalue weighted by Gasteiger charge is 2.21. The largest absolute Gasteiger partial charge is 0.312 e. The third-order valence-corrected chi connectivity index (χ3v) is 2.18. The third-order valence-electron chi connectivity index (χ3n) is 2.18. The molecule has 0 saturated carbocycles. The molecule has 1 heterocycles. The van der Waals surface area contributed by atoms with Gasteiger partial charge in [0, 0.05) is 13.0 Å². The molecule has 0 fully saturated rings. The summed E-state index contributed by atoms with van der Waals surface area (Å²) >= 11 is 0. The molecule has 0 aliphatic carbocycles. The molecule has 0 amide bonds. The molecule has 15 heavy (non-hydrogen) atoms. The average molecular weight is 208 g/mol. The minimum atomic E-state index is -0.418. The topological polar surface area (TPSA) is 84.8 Å². The van der Waals surface area contributed by atoms with Gasteiger partial charge in [0.05, 0.1) is 11.0 Å². The standard InChI is InChI=1S/C9H12N4O2/c1-7-9(13(14)15)8(2)12(11-7)6-4-3-5-10/h3-4,6H2,1-2H3. The third kappa shape index (κ3) is 2.31. The van der Waals surface area contributed by atoms with Crippen LogP contribution >= 0.6 is 0 Å². The summed E-state index contributed by atoms with van der Waals surface area (Å²) in [7, 11) is 0. The number of unbranched alkanes of at least 4 members (excludes halogenated alkanes) is 1. The molecule has 6 nitrogen and oxygen atoms in total. The molecule has 0 bridgehead atoms. The maximum Gasteiger partial charge on any atom is 0.312 e. The Kier molecular flexibility index (Phi) is 3.39. The van der Waals surface area contributed by atoms with E-state index in [1.165, 1.54) is 0 Å². The van der Waals surface area contributed by atoms with Crippen LogP contribution in [0.2, 0.25) is 0 Å². The van der Waals surface area contributed by atoms with Crippen molar-refractivity contribution < 1.29 is 4.92 Å². The monoisotopic (exact) mass is 208 g/mol. The molecule has 6 heteroatoms. The smallest absolute Gasteiger partial charge is 0.262 e. The van der Waals surface area contributed by atoms with Crippen molar-refractivity contribution in [2.75, 3.05) is 0 Å². The van der Waals surface area contributed by atoms with E-state index in [9.17, 15) is 10.1 Å². The van der Waals surface area contributed by atoms with Crippen molar-refractivity contribution in [2.24, 2.45) is 0 Å². The maximum atomic E-state index is 10.7. The second kappa shape index (κ2) is 4.55. The van der Waals surface area contributed by atoms with E-state index in [0.29, 0.717) is 30.8 Å². The van der Waals surface area contributed by atoms with Crippen molar-refractivity contribution in [3.05, 3.63) is 21.5 Å². The lowest BCUT2D eigenvalue weighted by molar-refractivity contribution is -0.386. The number of aryl methyl sites for hydroxylation is 2. The number of nitriles is 1. The molecule has 0 spiro atoms.